The average molecular weight is 406 g/mol. The van der Waals surface area contributed by atoms with Gasteiger partial charge >= 0.3 is 0 Å². The molecule has 2 aromatic rings. The molecule has 0 aliphatic heterocycles. The molecular weight excluding hydrogens is 389 g/mol. The van der Waals surface area contributed by atoms with Crippen molar-refractivity contribution in [3.8, 4) is 0 Å². The molecule has 0 atom stereocenters. The van der Waals surface area contributed by atoms with Gasteiger partial charge in [-0.15, -0.1) is 0 Å². The maximum atomic E-state index is 11.8. The number of carbonyl (C=O) groups is 3. The van der Waals surface area contributed by atoms with Crippen molar-refractivity contribution in [2.75, 3.05) is 5.32 Å². The van der Waals surface area contributed by atoms with E-state index in [9.17, 15) is 14.4 Å². The van der Waals surface area contributed by atoms with Crippen LogP contribution in [-0.4, -0.2) is 17.7 Å². The first-order valence-electron chi connectivity index (χ1n) is 8.01. The van der Waals surface area contributed by atoms with Gasteiger partial charge in [0.05, 0.1) is 10.7 Å². The molecule has 2 aromatic carbocycles. The Hall–Kier alpha value is -2.83. The second kappa shape index (κ2) is 10.4. The normalized spacial score (nSPS) is 10.4. The van der Waals surface area contributed by atoms with Gasteiger partial charge < -0.3 is 5.32 Å². The first-order chi connectivity index (χ1) is 13.0. The van der Waals surface area contributed by atoms with E-state index in [0.717, 1.165) is 0 Å². The number of halogens is 2. The van der Waals surface area contributed by atoms with E-state index in [0.29, 0.717) is 21.3 Å². The number of rotatable bonds is 6. The van der Waals surface area contributed by atoms with E-state index in [4.69, 9.17) is 23.2 Å². The van der Waals surface area contributed by atoms with Crippen LogP contribution in [0.1, 0.15) is 18.4 Å². The molecule has 0 bridgehead atoms. The molecule has 0 saturated heterocycles. The van der Waals surface area contributed by atoms with E-state index in [1.807, 2.05) is 0 Å². The highest BCUT2D eigenvalue weighted by atomic mass is 35.5. The van der Waals surface area contributed by atoms with E-state index in [-0.39, 0.29) is 18.7 Å². The number of amides is 3. The predicted molar refractivity (Wildman–Crippen MR) is 106 cm³/mol. The molecule has 0 radical (unpaired) electrons. The minimum atomic E-state index is -0.524. The van der Waals surface area contributed by atoms with Gasteiger partial charge in [0, 0.05) is 23.9 Å². The van der Waals surface area contributed by atoms with Gasteiger partial charge in [-0.05, 0) is 29.8 Å². The molecule has 2 rings (SSSR count). The molecule has 0 spiro atoms. The molecule has 0 aliphatic carbocycles. The maximum absolute atomic E-state index is 11.8. The molecule has 3 N–H and O–H groups in total. The van der Waals surface area contributed by atoms with Crippen molar-refractivity contribution in [2.24, 2.45) is 0 Å². The summed E-state index contributed by atoms with van der Waals surface area (Å²) in [7, 11) is 0. The topological polar surface area (TPSA) is 87.3 Å². The van der Waals surface area contributed by atoms with Crippen LogP contribution >= 0.6 is 23.2 Å². The van der Waals surface area contributed by atoms with Gasteiger partial charge in [-0.1, -0.05) is 53.5 Å². The number of anilines is 1. The number of nitrogens with one attached hydrogen (secondary N) is 3. The Bertz CT molecular complexity index is 869. The first-order valence-corrected chi connectivity index (χ1v) is 8.77. The maximum Gasteiger partial charge on any atom is 0.262 e. The number of hydrogen-bond donors (Lipinski definition) is 3. The minimum absolute atomic E-state index is 0.0532. The third-order valence-corrected chi connectivity index (χ3v) is 4.05. The van der Waals surface area contributed by atoms with Crippen LogP contribution < -0.4 is 16.2 Å². The molecule has 0 aliphatic rings. The van der Waals surface area contributed by atoms with Crippen LogP contribution in [0.3, 0.4) is 0 Å². The third kappa shape index (κ3) is 7.13. The fraction of sp³-hybridized carbons (Fsp3) is 0.105. The monoisotopic (exact) mass is 405 g/mol. The summed E-state index contributed by atoms with van der Waals surface area (Å²) in [6.45, 7) is 0. The number of para-hydroxylation sites is 1. The summed E-state index contributed by atoms with van der Waals surface area (Å²) in [5.41, 5.74) is 5.62. The summed E-state index contributed by atoms with van der Waals surface area (Å²) in [6.07, 6.45) is 2.62. The van der Waals surface area contributed by atoms with Gasteiger partial charge in [0.1, 0.15) is 0 Å². The Morgan fingerprint density at radius 3 is 2.15 bits per heavy atom. The zero-order valence-corrected chi connectivity index (χ0v) is 15.7. The van der Waals surface area contributed by atoms with Crippen LogP contribution in [0.15, 0.2) is 54.6 Å². The quantitative estimate of drug-likeness (QED) is 0.506. The molecule has 0 aromatic heterocycles. The zero-order valence-electron chi connectivity index (χ0n) is 14.2. The van der Waals surface area contributed by atoms with Gasteiger partial charge in [-0.25, -0.2) is 0 Å². The van der Waals surface area contributed by atoms with Crippen molar-refractivity contribution in [2.45, 2.75) is 12.8 Å². The van der Waals surface area contributed by atoms with Crippen molar-refractivity contribution in [3.63, 3.8) is 0 Å². The lowest BCUT2D eigenvalue weighted by Crippen LogP contribution is -2.41. The molecule has 3 amide bonds. The standard InChI is InChI=1S/C19H17Cl2N3O3/c20-14-6-2-1-5-13(14)9-10-18(26)23-24-19(27)12-11-17(25)22-16-8-4-3-7-15(16)21/h1-10H,11-12H2,(H,22,25)(H,23,26)(H,24,27)/b10-9+. The third-order valence-electron chi connectivity index (χ3n) is 3.37. The molecule has 27 heavy (non-hydrogen) atoms. The lowest BCUT2D eigenvalue weighted by Gasteiger charge is -2.07. The largest absolute Gasteiger partial charge is 0.325 e. The summed E-state index contributed by atoms with van der Waals surface area (Å²) in [5, 5.41) is 3.53. The van der Waals surface area contributed by atoms with Gasteiger partial charge in [-0.2, -0.15) is 0 Å². The second-order valence-corrected chi connectivity index (χ2v) is 6.23. The molecule has 6 nitrogen and oxygen atoms in total. The van der Waals surface area contributed by atoms with Crippen molar-refractivity contribution in [1.29, 1.82) is 0 Å². The lowest BCUT2D eigenvalue weighted by atomic mass is 10.2. The molecule has 140 valence electrons. The van der Waals surface area contributed by atoms with Crippen LogP contribution in [0.25, 0.3) is 6.08 Å². The first kappa shape index (κ1) is 20.5. The van der Waals surface area contributed by atoms with E-state index < -0.39 is 11.8 Å². The molecule has 0 heterocycles. The molecular formula is C19H17Cl2N3O3. The van der Waals surface area contributed by atoms with Gasteiger partial charge in [0.2, 0.25) is 11.8 Å². The van der Waals surface area contributed by atoms with Crippen molar-refractivity contribution in [3.05, 3.63) is 70.2 Å². The van der Waals surface area contributed by atoms with E-state index >= 15 is 0 Å². The number of hydrogen-bond acceptors (Lipinski definition) is 3. The Labute approximate surface area is 166 Å². The Kier molecular flexibility index (Phi) is 7.85. The predicted octanol–water partition coefficient (Wildman–Crippen LogP) is 3.57. The number of benzene rings is 2. The van der Waals surface area contributed by atoms with Crippen LogP contribution in [0, 0.1) is 0 Å². The molecule has 0 unspecified atom stereocenters. The summed E-state index contributed by atoms with van der Waals surface area (Å²) in [4.78, 5) is 35.3. The van der Waals surface area contributed by atoms with Gasteiger partial charge in [0.15, 0.2) is 0 Å². The minimum Gasteiger partial charge on any atom is -0.325 e. The fourth-order valence-corrected chi connectivity index (χ4v) is 2.40. The Morgan fingerprint density at radius 1 is 0.815 bits per heavy atom. The van der Waals surface area contributed by atoms with E-state index in [1.165, 1.54) is 12.2 Å². The SMILES string of the molecule is O=C(/C=C/c1ccccc1Cl)NNC(=O)CCC(=O)Nc1ccccc1Cl. The van der Waals surface area contributed by atoms with E-state index in [1.54, 1.807) is 48.5 Å². The summed E-state index contributed by atoms with van der Waals surface area (Å²) < 4.78 is 0. The lowest BCUT2D eigenvalue weighted by molar-refractivity contribution is -0.128. The van der Waals surface area contributed by atoms with Crippen molar-refractivity contribution >= 4 is 52.7 Å². The fourth-order valence-electron chi connectivity index (χ4n) is 2.01. The van der Waals surface area contributed by atoms with Crippen LogP contribution in [0.5, 0.6) is 0 Å². The van der Waals surface area contributed by atoms with Crippen LogP contribution in [0.4, 0.5) is 5.69 Å². The number of hydrazine groups is 1. The van der Waals surface area contributed by atoms with Crippen molar-refractivity contribution in [1.82, 2.24) is 10.9 Å². The average Bonchev–Trinajstić information content (AvgIpc) is 2.66. The van der Waals surface area contributed by atoms with Gasteiger partial charge in [0.25, 0.3) is 5.91 Å². The second-order valence-electron chi connectivity index (χ2n) is 5.42. The highest BCUT2D eigenvalue weighted by molar-refractivity contribution is 6.33. The van der Waals surface area contributed by atoms with Crippen molar-refractivity contribution < 1.29 is 14.4 Å². The summed E-state index contributed by atoms with van der Waals surface area (Å²) in [5.74, 6) is -1.38. The molecule has 8 heteroatoms. The van der Waals surface area contributed by atoms with Gasteiger partial charge in [-0.3, -0.25) is 25.2 Å². The Balaban J connectivity index is 1.71. The van der Waals surface area contributed by atoms with Crippen LogP contribution in [0.2, 0.25) is 10.0 Å². The molecule has 0 saturated carbocycles. The highest BCUT2D eigenvalue weighted by Crippen LogP contribution is 2.20. The summed E-state index contributed by atoms with van der Waals surface area (Å²) in [6, 6.07) is 13.8. The zero-order chi connectivity index (χ0) is 19.6. The highest BCUT2D eigenvalue weighted by Gasteiger charge is 2.09. The smallest absolute Gasteiger partial charge is 0.262 e. The van der Waals surface area contributed by atoms with E-state index in [2.05, 4.69) is 16.2 Å². The Morgan fingerprint density at radius 2 is 1.44 bits per heavy atom. The van der Waals surface area contributed by atoms with Crippen LogP contribution in [-0.2, 0) is 14.4 Å². The number of carbonyl (C=O) groups excluding carboxylic acids is 3. The molecule has 0 fully saturated rings. The summed E-state index contributed by atoms with van der Waals surface area (Å²) >= 11 is 11.9.